The molecule has 0 aromatic carbocycles. The summed E-state index contributed by atoms with van der Waals surface area (Å²) in [6.07, 6.45) is 1.70. The van der Waals surface area contributed by atoms with Crippen molar-refractivity contribution < 1.29 is 14.3 Å². The molecule has 1 heterocycles. The number of carboxylic acids is 1. The Bertz CT molecular complexity index is 264. The summed E-state index contributed by atoms with van der Waals surface area (Å²) in [5.41, 5.74) is 4.24. The van der Waals surface area contributed by atoms with Gasteiger partial charge in [0.25, 0.3) is 0 Å². The van der Waals surface area contributed by atoms with Gasteiger partial charge in [-0.2, -0.15) is 0 Å². The van der Waals surface area contributed by atoms with Gasteiger partial charge in [0.1, 0.15) is 11.3 Å². The van der Waals surface area contributed by atoms with Crippen LogP contribution in [0.3, 0.4) is 0 Å². The highest BCUT2D eigenvalue weighted by molar-refractivity contribution is 5.78. The Hall–Kier alpha value is -1.29. The van der Waals surface area contributed by atoms with Crippen LogP contribution in [0.1, 0.15) is 12.7 Å². The molecule has 4 heteroatoms. The van der Waals surface area contributed by atoms with Gasteiger partial charge in [0.15, 0.2) is 0 Å². The molecule has 0 saturated carbocycles. The first kappa shape index (κ1) is 8.80. The van der Waals surface area contributed by atoms with Gasteiger partial charge in [-0.25, -0.2) is 0 Å². The van der Waals surface area contributed by atoms with Crippen molar-refractivity contribution in [1.29, 1.82) is 0 Å². The second-order valence-corrected chi connectivity index (χ2v) is 2.98. The van der Waals surface area contributed by atoms with Gasteiger partial charge in [0, 0.05) is 6.42 Å². The average Bonchev–Trinajstić information content (AvgIpc) is 2.38. The van der Waals surface area contributed by atoms with Crippen molar-refractivity contribution in [3.63, 3.8) is 0 Å². The summed E-state index contributed by atoms with van der Waals surface area (Å²) in [6, 6.07) is 3.40. The maximum absolute atomic E-state index is 10.6. The molecule has 1 rings (SSSR count). The van der Waals surface area contributed by atoms with Crippen molar-refractivity contribution in [2.24, 2.45) is 5.73 Å². The first-order valence-corrected chi connectivity index (χ1v) is 3.57. The quantitative estimate of drug-likeness (QED) is 0.695. The van der Waals surface area contributed by atoms with Gasteiger partial charge < -0.3 is 15.3 Å². The lowest BCUT2D eigenvalue weighted by atomic mass is 9.98. The summed E-state index contributed by atoms with van der Waals surface area (Å²) in [5.74, 6) is -0.443. The van der Waals surface area contributed by atoms with E-state index in [9.17, 15) is 4.79 Å². The zero-order valence-corrected chi connectivity index (χ0v) is 6.78. The number of carbonyl (C=O) groups is 1. The van der Waals surface area contributed by atoms with Crippen LogP contribution in [-0.4, -0.2) is 16.6 Å². The maximum atomic E-state index is 10.6. The maximum Gasteiger partial charge on any atom is 0.323 e. The largest absolute Gasteiger partial charge is 0.480 e. The number of hydrogen-bond acceptors (Lipinski definition) is 3. The number of rotatable bonds is 3. The third-order valence-electron chi connectivity index (χ3n) is 1.61. The van der Waals surface area contributed by atoms with Gasteiger partial charge in [0.05, 0.1) is 6.26 Å². The predicted molar refractivity (Wildman–Crippen MR) is 42.6 cm³/mol. The first-order valence-electron chi connectivity index (χ1n) is 3.57. The van der Waals surface area contributed by atoms with Gasteiger partial charge >= 0.3 is 5.97 Å². The van der Waals surface area contributed by atoms with Crippen LogP contribution >= 0.6 is 0 Å². The Morgan fingerprint density at radius 1 is 1.83 bits per heavy atom. The van der Waals surface area contributed by atoms with Gasteiger partial charge in [-0.1, -0.05) is 0 Å². The average molecular weight is 169 g/mol. The summed E-state index contributed by atoms with van der Waals surface area (Å²) in [5, 5.41) is 8.67. The third kappa shape index (κ3) is 1.85. The summed E-state index contributed by atoms with van der Waals surface area (Å²) in [4.78, 5) is 10.6. The van der Waals surface area contributed by atoms with E-state index in [0.29, 0.717) is 5.76 Å². The minimum Gasteiger partial charge on any atom is -0.480 e. The van der Waals surface area contributed by atoms with Gasteiger partial charge in [-0.05, 0) is 19.1 Å². The molecule has 0 saturated heterocycles. The van der Waals surface area contributed by atoms with E-state index in [4.69, 9.17) is 15.3 Å². The second kappa shape index (κ2) is 2.98. The first-order chi connectivity index (χ1) is 5.52. The molecule has 0 fully saturated rings. The van der Waals surface area contributed by atoms with E-state index in [1.165, 1.54) is 13.2 Å². The van der Waals surface area contributed by atoms with Crippen molar-refractivity contribution in [1.82, 2.24) is 0 Å². The Labute approximate surface area is 70.0 Å². The fourth-order valence-electron chi connectivity index (χ4n) is 0.851. The number of hydrogen-bond donors (Lipinski definition) is 2. The highest BCUT2D eigenvalue weighted by Crippen LogP contribution is 2.10. The molecule has 1 aromatic heterocycles. The molecule has 3 N–H and O–H groups in total. The van der Waals surface area contributed by atoms with Crippen LogP contribution < -0.4 is 5.73 Å². The molecule has 1 atom stereocenters. The summed E-state index contributed by atoms with van der Waals surface area (Å²) in [6.45, 7) is 1.46. The highest BCUT2D eigenvalue weighted by atomic mass is 16.4. The zero-order valence-electron chi connectivity index (χ0n) is 6.78. The fraction of sp³-hybridized carbons (Fsp3) is 0.375. The standard InChI is InChI=1S/C8H11NO3/c1-8(9,7(10)11)5-6-3-2-4-12-6/h2-4H,5,9H2,1H3,(H,10,11). The van der Waals surface area contributed by atoms with Crippen LogP contribution in [-0.2, 0) is 11.2 Å². The van der Waals surface area contributed by atoms with E-state index in [0.717, 1.165) is 0 Å². The van der Waals surface area contributed by atoms with Gasteiger partial charge in [-0.3, -0.25) is 4.79 Å². The van der Waals surface area contributed by atoms with Gasteiger partial charge in [-0.15, -0.1) is 0 Å². The Morgan fingerprint density at radius 3 is 2.92 bits per heavy atom. The number of aliphatic carboxylic acids is 1. The Kier molecular flexibility index (Phi) is 2.19. The lowest BCUT2D eigenvalue weighted by molar-refractivity contribution is -0.142. The highest BCUT2D eigenvalue weighted by Gasteiger charge is 2.29. The van der Waals surface area contributed by atoms with Crippen LogP contribution in [0, 0.1) is 0 Å². The van der Waals surface area contributed by atoms with E-state index in [1.54, 1.807) is 12.1 Å². The molecule has 4 nitrogen and oxygen atoms in total. The molecule has 66 valence electrons. The second-order valence-electron chi connectivity index (χ2n) is 2.98. The van der Waals surface area contributed by atoms with Crippen molar-refractivity contribution in [2.75, 3.05) is 0 Å². The summed E-state index contributed by atoms with van der Waals surface area (Å²) >= 11 is 0. The van der Waals surface area contributed by atoms with Crippen LogP contribution in [0.2, 0.25) is 0 Å². The van der Waals surface area contributed by atoms with Crippen molar-refractivity contribution in [2.45, 2.75) is 18.9 Å². The third-order valence-corrected chi connectivity index (χ3v) is 1.61. The molecule has 12 heavy (non-hydrogen) atoms. The molecule has 0 amide bonds. The number of carboxylic acid groups (broad SMARTS) is 1. The predicted octanol–water partition coefficient (Wildman–Crippen LogP) is 0.624. The smallest absolute Gasteiger partial charge is 0.323 e. The molecular weight excluding hydrogens is 158 g/mol. The van der Waals surface area contributed by atoms with Crippen LogP contribution in [0.15, 0.2) is 22.8 Å². The number of nitrogens with two attached hydrogens (primary N) is 1. The van der Waals surface area contributed by atoms with E-state index in [2.05, 4.69) is 0 Å². The minimum absolute atomic E-state index is 0.204. The normalized spacial score (nSPS) is 15.5. The Morgan fingerprint density at radius 2 is 2.50 bits per heavy atom. The molecule has 1 aromatic rings. The molecule has 0 aliphatic carbocycles. The van der Waals surface area contributed by atoms with E-state index >= 15 is 0 Å². The molecule has 0 aliphatic heterocycles. The lowest BCUT2D eigenvalue weighted by Gasteiger charge is -2.16. The summed E-state index contributed by atoms with van der Waals surface area (Å²) < 4.78 is 4.98. The molecular formula is C8H11NO3. The SMILES string of the molecule is CC(N)(Cc1ccco1)C(=O)O. The Balaban J connectivity index is 2.69. The number of furan rings is 1. The fourth-order valence-corrected chi connectivity index (χ4v) is 0.851. The van der Waals surface area contributed by atoms with E-state index < -0.39 is 11.5 Å². The van der Waals surface area contributed by atoms with Crippen molar-refractivity contribution in [3.05, 3.63) is 24.2 Å². The summed E-state index contributed by atoms with van der Waals surface area (Å²) in [7, 11) is 0. The zero-order chi connectivity index (χ0) is 9.19. The van der Waals surface area contributed by atoms with E-state index in [1.807, 2.05) is 0 Å². The molecule has 0 spiro atoms. The molecule has 1 unspecified atom stereocenters. The monoisotopic (exact) mass is 169 g/mol. The van der Waals surface area contributed by atoms with Gasteiger partial charge in [0.2, 0.25) is 0 Å². The minimum atomic E-state index is -1.25. The van der Waals surface area contributed by atoms with E-state index in [-0.39, 0.29) is 6.42 Å². The van der Waals surface area contributed by atoms with Crippen LogP contribution in [0.25, 0.3) is 0 Å². The molecule has 0 radical (unpaired) electrons. The van der Waals surface area contributed by atoms with Crippen molar-refractivity contribution >= 4 is 5.97 Å². The van der Waals surface area contributed by atoms with Crippen LogP contribution in [0.4, 0.5) is 0 Å². The molecule has 0 bridgehead atoms. The van der Waals surface area contributed by atoms with Crippen molar-refractivity contribution in [3.8, 4) is 0 Å². The van der Waals surface area contributed by atoms with Crippen LogP contribution in [0.5, 0.6) is 0 Å². The molecule has 0 aliphatic rings. The lowest BCUT2D eigenvalue weighted by Crippen LogP contribution is -2.46. The topological polar surface area (TPSA) is 76.5 Å².